The first-order chi connectivity index (χ1) is 8.09. The third kappa shape index (κ3) is 2.31. The molecule has 1 aromatic rings. The van der Waals surface area contributed by atoms with Gasteiger partial charge in [0.1, 0.15) is 5.76 Å². The Morgan fingerprint density at radius 2 is 2.29 bits per heavy atom. The Bertz CT molecular complexity index is 439. The van der Waals surface area contributed by atoms with Gasteiger partial charge in [0.15, 0.2) is 6.10 Å². The molecule has 6 nitrogen and oxygen atoms in total. The number of rotatable bonds is 2. The summed E-state index contributed by atoms with van der Waals surface area (Å²) in [6.45, 7) is 2.40. The van der Waals surface area contributed by atoms with Gasteiger partial charge in [-0.05, 0) is 13.0 Å². The van der Waals surface area contributed by atoms with E-state index in [0.29, 0.717) is 17.9 Å². The minimum atomic E-state index is -1.05. The number of furan rings is 1. The van der Waals surface area contributed by atoms with Crippen molar-refractivity contribution in [2.24, 2.45) is 0 Å². The van der Waals surface area contributed by atoms with Crippen molar-refractivity contribution in [3.05, 3.63) is 23.7 Å². The van der Waals surface area contributed by atoms with E-state index in [1.54, 1.807) is 13.0 Å². The van der Waals surface area contributed by atoms with E-state index in [1.165, 1.54) is 11.2 Å². The summed E-state index contributed by atoms with van der Waals surface area (Å²) in [6.07, 6.45) is 0.498. The first-order valence-corrected chi connectivity index (χ1v) is 5.27. The number of aryl methyl sites for hydroxylation is 1. The van der Waals surface area contributed by atoms with Crippen LogP contribution in [0, 0.1) is 6.92 Å². The molecule has 1 unspecified atom stereocenters. The summed E-state index contributed by atoms with van der Waals surface area (Å²) >= 11 is 0. The molecule has 0 saturated carbocycles. The van der Waals surface area contributed by atoms with Crippen LogP contribution in [0.25, 0.3) is 0 Å². The molecule has 92 valence electrons. The fourth-order valence-electron chi connectivity index (χ4n) is 1.76. The van der Waals surface area contributed by atoms with Gasteiger partial charge in [0.05, 0.1) is 25.0 Å². The van der Waals surface area contributed by atoms with Gasteiger partial charge < -0.3 is 19.2 Å². The summed E-state index contributed by atoms with van der Waals surface area (Å²) in [5.74, 6) is -0.731. The maximum absolute atomic E-state index is 12.1. The van der Waals surface area contributed by atoms with Gasteiger partial charge in [-0.2, -0.15) is 0 Å². The second-order valence-corrected chi connectivity index (χ2v) is 3.84. The van der Waals surface area contributed by atoms with E-state index in [2.05, 4.69) is 0 Å². The number of hydrogen-bond donors (Lipinski definition) is 1. The fourth-order valence-corrected chi connectivity index (χ4v) is 1.76. The molecule has 0 aromatic carbocycles. The molecule has 1 N–H and O–H groups in total. The molecule has 1 atom stereocenters. The zero-order chi connectivity index (χ0) is 12.4. The van der Waals surface area contributed by atoms with Crippen molar-refractivity contribution >= 4 is 11.9 Å². The van der Waals surface area contributed by atoms with E-state index in [0.717, 1.165) is 0 Å². The lowest BCUT2D eigenvalue weighted by molar-refractivity contribution is -0.154. The monoisotopic (exact) mass is 239 g/mol. The predicted molar refractivity (Wildman–Crippen MR) is 56.7 cm³/mol. The molecule has 2 rings (SSSR count). The number of carboxylic acid groups (broad SMARTS) is 1. The molecular weight excluding hydrogens is 226 g/mol. The molecule has 17 heavy (non-hydrogen) atoms. The SMILES string of the molecule is Cc1occc1C(=O)N1CCOC(C(=O)O)C1. The second-order valence-electron chi connectivity index (χ2n) is 3.84. The topological polar surface area (TPSA) is 80.0 Å². The van der Waals surface area contributed by atoms with Gasteiger partial charge in [-0.1, -0.05) is 0 Å². The maximum Gasteiger partial charge on any atom is 0.334 e. The lowest BCUT2D eigenvalue weighted by atomic mass is 10.2. The largest absolute Gasteiger partial charge is 0.479 e. The van der Waals surface area contributed by atoms with Crippen LogP contribution in [0.1, 0.15) is 16.1 Å². The van der Waals surface area contributed by atoms with Crippen LogP contribution >= 0.6 is 0 Å². The summed E-state index contributed by atoms with van der Waals surface area (Å²) in [4.78, 5) is 24.3. The van der Waals surface area contributed by atoms with E-state index in [4.69, 9.17) is 14.3 Å². The van der Waals surface area contributed by atoms with E-state index < -0.39 is 12.1 Å². The number of aliphatic carboxylic acids is 1. The number of carbonyl (C=O) groups excluding carboxylic acids is 1. The minimum absolute atomic E-state index is 0.0682. The summed E-state index contributed by atoms with van der Waals surface area (Å²) < 4.78 is 10.1. The van der Waals surface area contributed by atoms with Gasteiger partial charge in [-0.3, -0.25) is 4.79 Å². The number of nitrogens with zero attached hydrogens (tertiary/aromatic N) is 1. The highest BCUT2D eigenvalue weighted by atomic mass is 16.5. The average molecular weight is 239 g/mol. The van der Waals surface area contributed by atoms with Crippen molar-refractivity contribution in [3.63, 3.8) is 0 Å². The van der Waals surface area contributed by atoms with Crippen LogP contribution in [0.2, 0.25) is 0 Å². The third-order valence-electron chi connectivity index (χ3n) is 2.72. The smallest absolute Gasteiger partial charge is 0.334 e. The third-order valence-corrected chi connectivity index (χ3v) is 2.72. The zero-order valence-corrected chi connectivity index (χ0v) is 9.38. The Morgan fingerprint density at radius 3 is 2.88 bits per heavy atom. The molecule has 1 amide bonds. The normalized spacial score (nSPS) is 20.3. The second kappa shape index (κ2) is 4.58. The van der Waals surface area contributed by atoms with Crippen LogP contribution < -0.4 is 0 Å². The molecular formula is C11H13NO5. The summed E-state index contributed by atoms with van der Waals surface area (Å²) in [5, 5.41) is 8.84. The van der Waals surface area contributed by atoms with E-state index in [-0.39, 0.29) is 19.1 Å². The van der Waals surface area contributed by atoms with Crippen molar-refractivity contribution in [2.75, 3.05) is 19.7 Å². The van der Waals surface area contributed by atoms with Crippen LogP contribution in [0.4, 0.5) is 0 Å². The first kappa shape index (κ1) is 11.7. The van der Waals surface area contributed by atoms with Gasteiger partial charge in [0.2, 0.25) is 0 Å². The Morgan fingerprint density at radius 1 is 1.53 bits per heavy atom. The quantitative estimate of drug-likeness (QED) is 0.813. The maximum atomic E-state index is 12.1. The van der Waals surface area contributed by atoms with Gasteiger partial charge >= 0.3 is 5.97 Å². The number of carbonyl (C=O) groups is 2. The summed E-state index contributed by atoms with van der Waals surface area (Å²) in [7, 11) is 0. The van der Waals surface area contributed by atoms with Crippen molar-refractivity contribution in [1.29, 1.82) is 0 Å². The molecule has 0 spiro atoms. The highest BCUT2D eigenvalue weighted by Crippen LogP contribution is 2.15. The number of amides is 1. The van der Waals surface area contributed by atoms with E-state index in [9.17, 15) is 9.59 Å². The van der Waals surface area contributed by atoms with Crippen LogP contribution in [0.5, 0.6) is 0 Å². The predicted octanol–water partition coefficient (Wildman–Crippen LogP) is 0.514. The fraction of sp³-hybridized carbons (Fsp3) is 0.455. The molecule has 0 aliphatic carbocycles. The van der Waals surface area contributed by atoms with Crippen molar-refractivity contribution in [2.45, 2.75) is 13.0 Å². The van der Waals surface area contributed by atoms with Gasteiger partial charge in [-0.25, -0.2) is 4.79 Å². The van der Waals surface area contributed by atoms with Crippen molar-refractivity contribution in [1.82, 2.24) is 4.90 Å². The first-order valence-electron chi connectivity index (χ1n) is 5.27. The van der Waals surface area contributed by atoms with Crippen LogP contribution in [0.15, 0.2) is 16.7 Å². The summed E-state index contributed by atoms with van der Waals surface area (Å²) in [5.41, 5.74) is 0.469. The Labute approximate surface area is 97.8 Å². The van der Waals surface area contributed by atoms with E-state index >= 15 is 0 Å². The van der Waals surface area contributed by atoms with Crippen molar-refractivity contribution in [3.8, 4) is 0 Å². The highest BCUT2D eigenvalue weighted by molar-refractivity contribution is 5.95. The molecule has 2 heterocycles. The van der Waals surface area contributed by atoms with Crippen LogP contribution in [0.3, 0.4) is 0 Å². The van der Waals surface area contributed by atoms with Crippen LogP contribution in [-0.4, -0.2) is 47.7 Å². The highest BCUT2D eigenvalue weighted by Gasteiger charge is 2.30. The molecule has 0 radical (unpaired) electrons. The lowest BCUT2D eigenvalue weighted by Crippen LogP contribution is -2.48. The standard InChI is InChI=1S/C11H13NO5/c1-7-8(2-4-16-7)10(13)12-3-5-17-9(6-12)11(14)15/h2,4,9H,3,5-6H2,1H3,(H,14,15). The van der Waals surface area contributed by atoms with Gasteiger partial charge in [0.25, 0.3) is 5.91 Å². The molecule has 1 saturated heterocycles. The van der Waals surface area contributed by atoms with Crippen LogP contribution in [-0.2, 0) is 9.53 Å². The number of hydrogen-bond acceptors (Lipinski definition) is 4. The molecule has 1 aromatic heterocycles. The number of ether oxygens (including phenoxy) is 1. The number of carboxylic acids is 1. The Hall–Kier alpha value is -1.82. The molecule has 6 heteroatoms. The zero-order valence-electron chi connectivity index (χ0n) is 9.38. The molecule has 1 aliphatic rings. The lowest BCUT2D eigenvalue weighted by Gasteiger charge is -2.30. The average Bonchev–Trinajstić information content (AvgIpc) is 2.74. The molecule has 1 aliphatic heterocycles. The summed E-state index contributed by atoms with van der Waals surface area (Å²) in [6, 6.07) is 1.59. The van der Waals surface area contributed by atoms with Gasteiger partial charge in [0, 0.05) is 6.54 Å². The Kier molecular flexibility index (Phi) is 3.14. The van der Waals surface area contributed by atoms with Gasteiger partial charge in [-0.15, -0.1) is 0 Å². The van der Waals surface area contributed by atoms with Crippen molar-refractivity contribution < 1.29 is 23.8 Å². The minimum Gasteiger partial charge on any atom is -0.479 e. The van der Waals surface area contributed by atoms with E-state index in [1.807, 2.05) is 0 Å². The molecule has 0 bridgehead atoms. The number of morpholine rings is 1. The Balaban J connectivity index is 2.10. The molecule has 1 fully saturated rings.